The van der Waals surface area contributed by atoms with E-state index in [1.807, 2.05) is 0 Å². The summed E-state index contributed by atoms with van der Waals surface area (Å²) in [6, 6.07) is 14.2. The summed E-state index contributed by atoms with van der Waals surface area (Å²) in [4.78, 5) is 22.1. The zero-order valence-corrected chi connectivity index (χ0v) is 14.9. The molecule has 5 heteroatoms. The SMILES string of the molecule is CN(Cc1nc2cc(Cl)ccc2c(=O)[nH]1)C1CCCc2ccccc21. The zero-order valence-electron chi connectivity index (χ0n) is 14.1. The van der Waals surface area contributed by atoms with E-state index in [9.17, 15) is 4.79 Å². The summed E-state index contributed by atoms with van der Waals surface area (Å²) in [6.07, 6.45) is 3.45. The predicted molar refractivity (Wildman–Crippen MR) is 101 cm³/mol. The molecule has 4 nitrogen and oxygen atoms in total. The standard InChI is InChI=1S/C20H20ClN3O/c1-24(18-8-4-6-13-5-2-3-7-15(13)18)12-19-22-17-11-14(21)9-10-16(17)20(25)23-19/h2-3,5,7,9-11,18H,4,6,8,12H2,1H3,(H,22,23,25). The van der Waals surface area contributed by atoms with E-state index in [-0.39, 0.29) is 5.56 Å². The fourth-order valence-electron chi connectivity index (χ4n) is 3.77. The van der Waals surface area contributed by atoms with Crippen LogP contribution < -0.4 is 5.56 Å². The minimum atomic E-state index is -0.117. The van der Waals surface area contributed by atoms with Gasteiger partial charge in [-0.1, -0.05) is 35.9 Å². The molecular weight excluding hydrogens is 334 g/mol. The van der Waals surface area contributed by atoms with Gasteiger partial charge < -0.3 is 4.98 Å². The second-order valence-electron chi connectivity index (χ2n) is 6.70. The van der Waals surface area contributed by atoms with Crippen molar-refractivity contribution in [2.45, 2.75) is 31.8 Å². The molecule has 1 heterocycles. The van der Waals surface area contributed by atoms with Gasteiger partial charge in [0.2, 0.25) is 0 Å². The van der Waals surface area contributed by atoms with E-state index in [2.05, 4.69) is 46.2 Å². The van der Waals surface area contributed by atoms with Gasteiger partial charge in [0.25, 0.3) is 5.56 Å². The molecule has 0 amide bonds. The molecule has 0 bridgehead atoms. The smallest absolute Gasteiger partial charge is 0.258 e. The molecule has 0 spiro atoms. The van der Waals surface area contributed by atoms with Crippen LogP contribution in [0.25, 0.3) is 10.9 Å². The third kappa shape index (κ3) is 3.20. The molecule has 0 fully saturated rings. The summed E-state index contributed by atoms with van der Waals surface area (Å²) < 4.78 is 0. The second-order valence-corrected chi connectivity index (χ2v) is 7.13. The van der Waals surface area contributed by atoms with Gasteiger partial charge >= 0.3 is 0 Å². The Morgan fingerprint density at radius 1 is 1.28 bits per heavy atom. The van der Waals surface area contributed by atoms with Crippen molar-refractivity contribution >= 4 is 22.5 Å². The van der Waals surface area contributed by atoms with Crippen molar-refractivity contribution in [2.75, 3.05) is 7.05 Å². The van der Waals surface area contributed by atoms with Crippen molar-refractivity contribution in [1.82, 2.24) is 14.9 Å². The van der Waals surface area contributed by atoms with Gasteiger partial charge in [-0.3, -0.25) is 9.69 Å². The van der Waals surface area contributed by atoms with Crippen LogP contribution >= 0.6 is 11.6 Å². The number of H-pyrrole nitrogens is 1. The van der Waals surface area contributed by atoms with Crippen molar-refractivity contribution in [1.29, 1.82) is 0 Å². The lowest BCUT2D eigenvalue weighted by Crippen LogP contribution is -2.29. The lowest BCUT2D eigenvalue weighted by atomic mass is 9.87. The molecule has 0 radical (unpaired) electrons. The van der Waals surface area contributed by atoms with Crippen LogP contribution in [0.3, 0.4) is 0 Å². The average Bonchev–Trinajstić information content (AvgIpc) is 2.60. The summed E-state index contributed by atoms with van der Waals surface area (Å²) in [5.74, 6) is 0.672. The van der Waals surface area contributed by atoms with Gasteiger partial charge in [0, 0.05) is 11.1 Å². The number of benzene rings is 2. The molecule has 1 N–H and O–H groups in total. The van der Waals surface area contributed by atoms with E-state index >= 15 is 0 Å². The Balaban J connectivity index is 1.64. The van der Waals surface area contributed by atoms with E-state index in [0.717, 1.165) is 12.8 Å². The summed E-state index contributed by atoms with van der Waals surface area (Å²) in [5, 5.41) is 1.16. The number of hydrogen-bond donors (Lipinski definition) is 1. The maximum Gasteiger partial charge on any atom is 0.258 e. The van der Waals surface area contributed by atoms with Crippen LogP contribution in [0, 0.1) is 0 Å². The summed E-state index contributed by atoms with van der Waals surface area (Å²) >= 11 is 6.04. The number of halogens is 1. The highest BCUT2D eigenvalue weighted by molar-refractivity contribution is 6.31. The Bertz CT molecular complexity index is 982. The lowest BCUT2D eigenvalue weighted by molar-refractivity contribution is 0.208. The number of hydrogen-bond acceptors (Lipinski definition) is 3. The first-order valence-corrected chi connectivity index (χ1v) is 8.96. The molecule has 1 aliphatic carbocycles. The maximum atomic E-state index is 12.3. The quantitative estimate of drug-likeness (QED) is 0.771. The molecule has 4 rings (SSSR count). The van der Waals surface area contributed by atoms with Crippen molar-refractivity contribution in [2.24, 2.45) is 0 Å². The predicted octanol–water partition coefficient (Wildman–Crippen LogP) is 4.09. The van der Waals surface area contributed by atoms with Crippen LogP contribution in [0.4, 0.5) is 0 Å². The normalized spacial score (nSPS) is 17.0. The van der Waals surface area contributed by atoms with Gasteiger partial charge in [0.15, 0.2) is 0 Å². The Morgan fingerprint density at radius 3 is 3.00 bits per heavy atom. The first kappa shape index (κ1) is 16.3. The van der Waals surface area contributed by atoms with Crippen LogP contribution in [0.5, 0.6) is 0 Å². The number of fused-ring (bicyclic) bond motifs is 2. The molecule has 0 aliphatic heterocycles. The van der Waals surface area contributed by atoms with Crippen molar-refractivity contribution in [3.05, 3.63) is 74.8 Å². The topological polar surface area (TPSA) is 49.0 Å². The minimum Gasteiger partial charge on any atom is -0.309 e. The highest BCUT2D eigenvalue weighted by Gasteiger charge is 2.23. The highest BCUT2D eigenvalue weighted by atomic mass is 35.5. The molecule has 25 heavy (non-hydrogen) atoms. The lowest BCUT2D eigenvalue weighted by Gasteiger charge is -2.33. The Kier molecular flexibility index (Phi) is 4.32. The van der Waals surface area contributed by atoms with Gasteiger partial charge in [-0.25, -0.2) is 4.98 Å². The van der Waals surface area contributed by atoms with Crippen molar-refractivity contribution < 1.29 is 0 Å². The fraction of sp³-hybridized carbons (Fsp3) is 0.300. The number of aryl methyl sites for hydroxylation is 1. The number of aromatic nitrogens is 2. The third-order valence-corrected chi connectivity index (χ3v) is 5.22. The molecule has 3 aromatic rings. The molecule has 0 saturated carbocycles. The third-order valence-electron chi connectivity index (χ3n) is 4.99. The summed E-state index contributed by atoms with van der Waals surface area (Å²) in [7, 11) is 2.09. The fourth-order valence-corrected chi connectivity index (χ4v) is 3.93. The van der Waals surface area contributed by atoms with E-state index in [4.69, 9.17) is 11.6 Å². The monoisotopic (exact) mass is 353 g/mol. The first-order valence-electron chi connectivity index (χ1n) is 8.58. The van der Waals surface area contributed by atoms with Gasteiger partial charge in [0.05, 0.1) is 17.4 Å². The zero-order chi connectivity index (χ0) is 17.4. The van der Waals surface area contributed by atoms with Gasteiger partial charge in [-0.2, -0.15) is 0 Å². The maximum absolute atomic E-state index is 12.3. The molecule has 0 saturated heterocycles. The van der Waals surface area contributed by atoms with E-state index in [0.29, 0.717) is 34.3 Å². The first-order chi connectivity index (χ1) is 12.1. The number of aromatic amines is 1. The van der Waals surface area contributed by atoms with Gasteiger partial charge in [-0.15, -0.1) is 0 Å². The van der Waals surface area contributed by atoms with Gasteiger partial charge in [0.1, 0.15) is 5.82 Å². The van der Waals surface area contributed by atoms with E-state index < -0.39 is 0 Å². The number of nitrogens with zero attached hydrogens (tertiary/aromatic N) is 2. The van der Waals surface area contributed by atoms with Crippen LogP contribution in [-0.2, 0) is 13.0 Å². The van der Waals surface area contributed by atoms with Crippen LogP contribution in [-0.4, -0.2) is 21.9 Å². The number of rotatable bonds is 3. The average molecular weight is 354 g/mol. The molecule has 1 unspecified atom stereocenters. The van der Waals surface area contributed by atoms with E-state index in [1.54, 1.807) is 18.2 Å². The van der Waals surface area contributed by atoms with Gasteiger partial charge in [-0.05, 0) is 55.6 Å². The van der Waals surface area contributed by atoms with Crippen molar-refractivity contribution in [3.63, 3.8) is 0 Å². The molecular formula is C20H20ClN3O. The number of nitrogens with one attached hydrogen (secondary N) is 1. The molecule has 128 valence electrons. The summed E-state index contributed by atoms with van der Waals surface area (Å²) in [5.41, 5.74) is 3.34. The minimum absolute atomic E-state index is 0.117. The van der Waals surface area contributed by atoms with E-state index in [1.165, 1.54) is 17.5 Å². The Labute approximate surface area is 151 Å². The Morgan fingerprint density at radius 2 is 2.12 bits per heavy atom. The van der Waals surface area contributed by atoms with Crippen molar-refractivity contribution in [3.8, 4) is 0 Å². The van der Waals surface area contributed by atoms with Crippen LogP contribution in [0.2, 0.25) is 5.02 Å². The largest absolute Gasteiger partial charge is 0.309 e. The molecule has 1 aromatic heterocycles. The van der Waals surface area contributed by atoms with Crippen LogP contribution in [0.1, 0.15) is 35.8 Å². The molecule has 1 atom stereocenters. The summed E-state index contributed by atoms with van der Waals surface area (Å²) in [6.45, 7) is 0.594. The highest BCUT2D eigenvalue weighted by Crippen LogP contribution is 2.33. The van der Waals surface area contributed by atoms with Crippen LogP contribution in [0.15, 0.2) is 47.3 Å². The Hall–Kier alpha value is -2.17. The molecule has 1 aliphatic rings. The molecule has 2 aromatic carbocycles. The second kappa shape index (κ2) is 6.62.